The molecule has 8 nitrogen and oxygen atoms in total. The van der Waals surface area contributed by atoms with Crippen molar-refractivity contribution in [2.24, 2.45) is 0 Å². The standard InChI is InChI=1S/C11H11ClIN3O.C11H12ClN3O/c1-11(17)4-6(5-11)10-15-9(13)7-8(12)14-2-3-16(7)10;1-11(16)4-7(5-11)10-14-6-8-9(12)13-2-3-15(8)10/h2-3,6,17H,4-5H2,1H3;2-3,6-7,16H,4-5H2,1H3. The summed E-state index contributed by atoms with van der Waals surface area (Å²) in [5.74, 6) is 2.56. The van der Waals surface area contributed by atoms with Gasteiger partial charge in [-0.3, -0.25) is 8.80 Å². The van der Waals surface area contributed by atoms with Crippen molar-refractivity contribution >= 4 is 56.8 Å². The van der Waals surface area contributed by atoms with Gasteiger partial charge in [-0.15, -0.1) is 0 Å². The molecule has 0 amide bonds. The highest BCUT2D eigenvalue weighted by Crippen LogP contribution is 2.45. The smallest absolute Gasteiger partial charge is 0.155 e. The van der Waals surface area contributed by atoms with Crippen LogP contribution in [0.3, 0.4) is 0 Å². The summed E-state index contributed by atoms with van der Waals surface area (Å²) >= 11 is 14.2. The Hall–Kier alpha value is -1.53. The maximum absolute atomic E-state index is 9.80. The van der Waals surface area contributed by atoms with Gasteiger partial charge >= 0.3 is 0 Å². The van der Waals surface area contributed by atoms with Crippen LogP contribution in [0.1, 0.15) is 63.0 Å². The van der Waals surface area contributed by atoms with Crippen LogP contribution in [-0.2, 0) is 0 Å². The number of hydrogen-bond donors (Lipinski definition) is 2. The Morgan fingerprint density at radius 2 is 1.42 bits per heavy atom. The van der Waals surface area contributed by atoms with Crippen LogP contribution in [-0.4, -0.2) is 50.2 Å². The summed E-state index contributed by atoms with van der Waals surface area (Å²) in [6.07, 6.45) is 11.8. The van der Waals surface area contributed by atoms with Crippen LogP contribution in [0.2, 0.25) is 10.3 Å². The van der Waals surface area contributed by atoms with Crippen LogP contribution in [0.25, 0.3) is 11.0 Å². The minimum absolute atomic E-state index is 0.305. The first-order valence-electron chi connectivity index (χ1n) is 10.6. The molecule has 4 aromatic heterocycles. The van der Waals surface area contributed by atoms with Gasteiger partial charge in [0.05, 0.1) is 17.4 Å². The number of aliphatic hydroxyl groups is 2. The molecule has 0 spiro atoms. The Morgan fingerprint density at radius 3 is 2.03 bits per heavy atom. The Morgan fingerprint density at radius 1 is 0.879 bits per heavy atom. The minimum Gasteiger partial charge on any atom is -0.390 e. The SMILES string of the molecule is CC1(O)CC(c2nc(I)c3c(Cl)nccn23)C1.CC1(O)CC(c2ncc3c(Cl)nccn23)C1. The van der Waals surface area contributed by atoms with E-state index in [0.29, 0.717) is 22.1 Å². The largest absolute Gasteiger partial charge is 0.390 e. The lowest BCUT2D eigenvalue weighted by Gasteiger charge is -2.40. The molecule has 0 atom stereocenters. The lowest BCUT2D eigenvalue weighted by Crippen LogP contribution is -2.40. The van der Waals surface area contributed by atoms with Gasteiger partial charge in [-0.05, 0) is 62.1 Å². The van der Waals surface area contributed by atoms with Crippen LogP contribution < -0.4 is 0 Å². The summed E-state index contributed by atoms with van der Waals surface area (Å²) in [5.41, 5.74) is 0.605. The van der Waals surface area contributed by atoms with Crippen LogP contribution in [0.15, 0.2) is 31.0 Å². The molecule has 0 radical (unpaired) electrons. The molecule has 2 aliphatic rings. The van der Waals surface area contributed by atoms with E-state index >= 15 is 0 Å². The average Bonchev–Trinajstić information content (AvgIpc) is 3.28. The highest BCUT2D eigenvalue weighted by atomic mass is 127. The van der Waals surface area contributed by atoms with Crippen LogP contribution >= 0.6 is 45.8 Å². The minimum atomic E-state index is -0.543. The molecular formula is C22H23Cl2IN6O2. The highest BCUT2D eigenvalue weighted by molar-refractivity contribution is 14.1. The second kappa shape index (κ2) is 8.30. The van der Waals surface area contributed by atoms with Gasteiger partial charge in [-0.25, -0.2) is 19.9 Å². The number of fused-ring (bicyclic) bond motifs is 2. The number of imidazole rings is 2. The molecule has 174 valence electrons. The first-order valence-corrected chi connectivity index (χ1v) is 12.5. The van der Waals surface area contributed by atoms with Gasteiger partial charge in [-0.1, -0.05) is 23.2 Å². The van der Waals surface area contributed by atoms with Gasteiger partial charge in [0, 0.05) is 36.6 Å². The number of rotatable bonds is 2. The molecule has 0 unspecified atom stereocenters. The third-order valence-electron chi connectivity index (χ3n) is 6.41. The monoisotopic (exact) mass is 600 g/mol. The highest BCUT2D eigenvalue weighted by Gasteiger charge is 2.42. The van der Waals surface area contributed by atoms with Crippen molar-refractivity contribution in [1.29, 1.82) is 0 Å². The summed E-state index contributed by atoms with van der Waals surface area (Å²) in [6.45, 7) is 3.71. The van der Waals surface area contributed by atoms with E-state index < -0.39 is 11.2 Å². The van der Waals surface area contributed by atoms with E-state index in [-0.39, 0.29) is 0 Å². The van der Waals surface area contributed by atoms with E-state index in [1.54, 1.807) is 18.6 Å². The van der Waals surface area contributed by atoms with Gasteiger partial charge in [-0.2, -0.15) is 0 Å². The third-order valence-corrected chi connectivity index (χ3v) is 7.73. The fourth-order valence-electron chi connectivity index (χ4n) is 4.86. The second-order valence-corrected chi connectivity index (χ2v) is 11.2. The molecule has 2 fully saturated rings. The van der Waals surface area contributed by atoms with Crippen molar-refractivity contribution in [3.8, 4) is 0 Å². The van der Waals surface area contributed by atoms with Gasteiger partial charge in [0.15, 0.2) is 10.3 Å². The molecule has 6 rings (SSSR count). The van der Waals surface area contributed by atoms with E-state index in [0.717, 1.165) is 52.1 Å². The number of nitrogens with zero attached hydrogens (tertiary/aromatic N) is 6. The summed E-state index contributed by atoms with van der Waals surface area (Å²) in [4.78, 5) is 17.0. The van der Waals surface area contributed by atoms with Crippen molar-refractivity contribution in [2.75, 3.05) is 0 Å². The second-order valence-electron chi connectivity index (χ2n) is 9.49. The fraction of sp³-hybridized carbons (Fsp3) is 0.455. The molecule has 0 aliphatic heterocycles. The molecule has 2 aliphatic carbocycles. The quantitative estimate of drug-likeness (QED) is 0.326. The van der Waals surface area contributed by atoms with Gasteiger partial charge in [0.2, 0.25) is 0 Å². The number of aromatic nitrogens is 6. The first kappa shape index (κ1) is 23.2. The summed E-state index contributed by atoms with van der Waals surface area (Å²) in [6, 6.07) is 0. The van der Waals surface area contributed by atoms with Crippen LogP contribution in [0, 0.1) is 3.70 Å². The van der Waals surface area contributed by atoms with Crippen molar-refractivity contribution in [3.63, 3.8) is 0 Å². The van der Waals surface area contributed by atoms with Crippen molar-refractivity contribution < 1.29 is 10.2 Å². The predicted molar refractivity (Wildman–Crippen MR) is 134 cm³/mol. The van der Waals surface area contributed by atoms with Gasteiger partial charge < -0.3 is 10.2 Å². The molecule has 0 aromatic carbocycles. The summed E-state index contributed by atoms with van der Waals surface area (Å²) in [7, 11) is 0. The number of hydrogen-bond acceptors (Lipinski definition) is 6. The molecule has 4 aromatic rings. The van der Waals surface area contributed by atoms with Crippen LogP contribution in [0.5, 0.6) is 0 Å². The van der Waals surface area contributed by atoms with Crippen molar-refractivity contribution in [3.05, 3.63) is 56.6 Å². The summed E-state index contributed by atoms with van der Waals surface area (Å²) < 4.78 is 4.80. The van der Waals surface area contributed by atoms with E-state index in [1.807, 2.05) is 35.0 Å². The topological polar surface area (TPSA) is 101 Å². The van der Waals surface area contributed by atoms with Crippen molar-refractivity contribution in [2.45, 2.75) is 62.6 Å². The molecule has 11 heteroatoms. The molecule has 33 heavy (non-hydrogen) atoms. The maximum Gasteiger partial charge on any atom is 0.155 e. The molecule has 0 bridgehead atoms. The zero-order chi connectivity index (χ0) is 23.5. The molecule has 2 N–H and O–H groups in total. The zero-order valence-electron chi connectivity index (χ0n) is 18.1. The average molecular weight is 601 g/mol. The maximum atomic E-state index is 9.80. The molecule has 4 heterocycles. The predicted octanol–water partition coefficient (Wildman–Crippen LogP) is 4.63. The lowest BCUT2D eigenvalue weighted by atomic mass is 9.72. The fourth-order valence-corrected chi connectivity index (χ4v) is 6.21. The molecular weight excluding hydrogens is 578 g/mol. The van der Waals surface area contributed by atoms with E-state index in [4.69, 9.17) is 23.2 Å². The molecule has 2 saturated carbocycles. The Kier molecular flexibility index (Phi) is 5.84. The Balaban J connectivity index is 0.000000139. The Bertz CT molecular complexity index is 1340. The Labute approximate surface area is 214 Å². The van der Waals surface area contributed by atoms with Gasteiger partial charge in [0.25, 0.3) is 0 Å². The zero-order valence-corrected chi connectivity index (χ0v) is 21.8. The lowest BCUT2D eigenvalue weighted by molar-refractivity contribution is -0.0340. The van der Waals surface area contributed by atoms with E-state index in [1.165, 1.54) is 0 Å². The molecule has 0 saturated heterocycles. The first-order chi connectivity index (χ1) is 15.5. The van der Waals surface area contributed by atoms with Crippen LogP contribution in [0.4, 0.5) is 0 Å². The van der Waals surface area contributed by atoms with Gasteiger partial charge in [0.1, 0.15) is 26.4 Å². The third kappa shape index (κ3) is 4.34. The van der Waals surface area contributed by atoms with Crippen molar-refractivity contribution in [1.82, 2.24) is 28.7 Å². The van der Waals surface area contributed by atoms with E-state index in [2.05, 4.69) is 42.5 Å². The summed E-state index contributed by atoms with van der Waals surface area (Å²) in [5, 5.41) is 20.5. The van der Waals surface area contributed by atoms with E-state index in [9.17, 15) is 10.2 Å². The normalized spacial score (nSPS) is 28.8. The number of halogens is 3.